The molecule has 0 aliphatic heterocycles. The van der Waals surface area contributed by atoms with Crippen LogP contribution in [0.2, 0.25) is 0 Å². The Kier molecular flexibility index (Phi) is 8.79. The van der Waals surface area contributed by atoms with Crippen molar-refractivity contribution in [2.24, 2.45) is 11.8 Å². The van der Waals surface area contributed by atoms with Crippen molar-refractivity contribution in [2.45, 2.75) is 85.2 Å². The molecule has 0 saturated heterocycles. The van der Waals surface area contributed by atoms with Gasteiger partial charge in [-0.25, -0.2) is 0 Å². The van der Waals surface area contributed by atoms with Gasteiger partial charge in [0.1, 0.15) is 0 Å². The van der Waals surface area contributed by atoms with E-state index in [2.05, 4.69) is 44.8 Å². The molecular weight excluding hydrogens is 244 g/mol. The maximum absolute atomic E-state index is 3.72. The lowest BCUT2D eigenvalue weighted by Gasteiger charge is -2.31. The Morgan fingerprint density at radius 1 is 0.950 bits per heavy atom. The quantitative estimate of drug-likeness (QED) is 0.642. The summed E-state index contributed by atoms with van der Waals surface area (Å²) in [5.41, 5.74) is 0. The summed E-state index contributed by atoms with van der Waals surface area (Å²) >= 11 is 0. The molecule has 2 heteroatoms. The molecule has 1 atom stereocenters. The largest absolute Gasteiger partial charge is 0.313 e. The highest BCUT2D eigenvalue weighted by atomic mass is 15.2. The monoisotopic (exact) mass is 282 g/mol. The summed E-state index contributed by atoms with van der Waals surface area (Å²) in [5.74, 6) is 1.61. The first kappa shape index (κ1) is 18.0. The van der Waals surface area contributed by atoms with Crippen LogP contribution >= 0.6 is 0 Å². The SMILES string of the molecule is CC(C)CCC(C)NCCN(CC(C)C)C1CCCC1. The lowest BCUT2D eigenvalue weighted by Crippen LogP contribution is -2.42. The number of nitrogens with zero attached hydrogens (tertiary/aromatic N) is 1. The molecule has 0 aromatic heterocycles. The lowest BCUT2D eigenvalue weighted by molar-refractivity contribution is 0.176. The summed E-state index contributed by atoms with van der Waals surface area (Å²) in [6.07, 6.45) is 8.39. The van der Waals surface area contributed by atoms with E-state index in [1.807, 2.05) is 0 Å². The molecule has 20 heavy (non-hydrogen) atoms. The van der Waals surface area contributed by atoms with Crippen molar-refractivity contribution in [3.8, 4) is 0 Å². The highest BCUT2D eigenvalue weighted by Gasteiger charge is 2.22. The highest BCUT2D eigenvalue weighted by molar-refractivity contribution is 4.79. The molecule has 120 valence electrons. The van der Waals surface area contributed by atoms with E-state index < -0.39 is 0 Å². The Bertz CT molecular complexity index is 232. The van der Waals surface area contributed by atoms with Crippen molar-refractivity contribution in [1.29, 1.82) is 0 Å². The van der Waals surface area contributed by atoms with Crippen molar-refractivity contribution >= 4 is 0 Å². The van der Waals surface area contributed by atoms with E-state index in [4.69, 9.17) is 0 Å². The molecule has 0 aromatic rings. The van der Waals surface area contributed by atoms with Crippen molar-refractivity contribution in [2.75, 3.05) is 19.6 Å². The third-order valence-corrected chi connectivity index (χ3v) is 4.51. The Morgan fingerprint density at radius 3 is 2.15 bits per heavy atom. The zero-order chi connectivity index (χ0) is 15.0. The van der Waals surface area contributed by atoms with Gasteiger partial charge in [0, 0.05) is 31.7 Å². The molecule has 2 nitrogen and oxygen atoms in total. The normalized spacial score (nSPS) is 18.6. The van der Waals surface area contributed by atoms with Crippen LogP contribution in [0.4, 0.5) is 0 Å². The van der Waals surface area contributed by atoms with Gasteiger partial charge < -0.3 is 5.32 Å². The molecule has 0 aromatic carbocycles. The Labute approximate surface area is 127 Å². The molecule has 0 amide bonds. The number of hydrogen-bond acceptors (Lipinski definition) is 2. The summed E-state index contributed by atoms with van der Waals surface area (Å²) in [6.45, 7) is 15.3. The molecule has 0 spiro atoms. The average molecular weight is 283 g/mol. The maximum atomic E-state index is 3.72. The summed E-state index contributed by atoms with van der Waals surface area (Å²) < 4.78 is 0. The number of nitrogens with one attached hydrogen (secondary N) is 1. The molecule has 1 unspecified atom stereocenters. The second-order valence-electron chi connectivity index (χ2n) is 7.65. The van der Waals surface area contributed by atoms with Gasteiger partial charge in [-0.1, -0.05) is 40.5 Å². The van der Waals surface area contributed by atoms with Crippen molar-refractivity contribution < 1.29 is 0 Å². The third kappa shape index (κ3) is 7.64. The van der Waals surface area contributed by atoms with E-state index in [-0.39, 0.29) is 0 Å². The minimum absolute atomic E-state index is 0.668. The van der Waals surface area contributed by atoms with Gasteiger partial charge in [0.2, 0.25) is 0 Å². The molecule has 1 saturated carbocycles. The van der Waals surface area contributed by atoms with E-state index in [1.54, 1.807) is 0 Å². The first-order chi connectivity index (χ1) is 9.49. The zero-order valence-electron chi connectivity index (χ0n) is 14.6. The van der Waals surface area contributed by atoms with Crippen LogP contribution < -0.4 is 5.32 Å². The van der Waals surface area contributed by atoms with Crippen LogP contribution in [0.1, 0.15) is 73.1 Å². The molecule has 1 fully saturated rings. The van der Waals surface area contributed by atoms with Crippen LogP contribution in [-0.4, -0.2) is 36.6 Å². The van der Waals surface area contributed by atoms with Crippen molar-refractivity contribution in [3.63, 3.8) is 0 Å². The van der Waals surface area contributed by atoms with Gasteiger partial charge in [-0.3, -0.25) is 4.90 Å². The predicted molar refractivity (Wildman–Crippen MR) is 90.2 cm³/mol. The van der Waals surface area contributed by atoms with Crippen LogP contribution in [0.15, 0.2) is 0 Å². The summed E-state index contributed by atoms with van der Waals surface area (Å²) in [6, 6.07) is 1.53. The van der Waals surface area contributed by atoms with E-state index >= 15 is 0 Å². The average Bonchev–Trinajstić information content (AvgIpc) is 2.88. The van der Waals surface area contributed by atoms with Gasteiger partial charge >= 0.3 is 0 Å². The predicted octanol–water partition coefficient (Wildman–Crippen LogP) is 4.30. The molecule has 1 aliphatic rings. The topological polar surface area (TPSA) is 15.3 Å². The minimum atomic E-state index is 0.668. The summed E-state index contributed by atoms with van der Waals surface area (Å²) in [4.78, 5) is 2.75. The molecule has 0 heterocycles. The van der Waals surface area contributed by atoms with E-state index in [1.165, 1.54) is 51.6 Å². The first-order valence-electron chi connectivity index (χ1n) is 8.96. The molecule has 1 rings (SSSR count). The first-order valence-corrected chi connectivity index (χ1v) is 8.96. The van der Waals surface area contributed by atoms with E-state index in [9.17, 15) is 0 Å². The number of hydrogen-bond donors (Lipinski definition) is 1. The molecule has 1 aliphatic carbocycles. The van der Waals surface area contributed by atoms with Crippen molar-refractivity contribution in [3.05, 3.63) is 0 Å². The Balaban J connectivity index is 2.23. The van der Waals surface area contributed by atoms with Gasteiger partial charge in [-0.2, -0.15) is 0 Å². The minimum Gasteiger partial charge on any atom is -0.313 e. The van der Waals surface area contributed by atoms with Crippen LogP contribution in [0.3, 0.4) is 0 Å². The maximum Gasteiger partial charge on any atom is 0.0110 e. The third-order valence-electron chi connectivity index (χ3n) is 4.51. The standard InChI is InChI=1S/C18H38N2/c1-15(2)10-11-17(5)19-12-13-20(14-16(3)4)18-8-6-7-9-18/h15-19H,6-14H2,1-5H3. The second-order valence-corrected chi connectivity index (χ2v) is 7.65. The molecule has 0 radical (unpaired) electrons. The van der Waals surface area contributed by atoms with Crippen LogP contribution in [0.25, 0.3) is 0 Å². The van der Waals surface area contributed by atoms with Crippen molar-refractivity contribution in [1.82, 2.24) is 10.2 Å². The van der Waals surface area contributed by atoms with Gasteiger partial charge in [-0.15, -0.1) is 0 Å². The van der Waals surface area contributed by atoms with Gasteiger partial charge in [-0.05, 0) is 44.4 Å². The van der Waals surface area contributed by atoms with E-state index in [0.717, 1.165) is 24.4 Å². The fraction of sp³-hybridized carbons (Fsp3) is 1.00. The van der Waals surface area contributed by atoms with Crippen LogP contribution in [0, 0.1) is 11.8 Å². The Hall–Kier alpha value is -0.0800. The fourth-order valence-corrected chi connectivity index (χ4v) is 3.30. The summed E-state index contributed by atoms with van der Waals surface area (Å²) in [7, 11) is 0. The molecular formula is C18H38N2. The fourth-order valence-electron chi connectivity index (χ4n) is 3.30. The van der Waals surface area contributed by atoms with Crippen LogP contribution in [-0.2, 0) is 0 Å². The van der Waals surface area contributed by atoms with Gasteiger partial charge in [0.05, 0.1) is 0 Å². The molecule has 1 N–H and O–H groups in total. The highest BCUT2D eigenvalue weighted by Crippen LogP contribution is 2.23. The Morgan fingerprint density at radius 2 is 1.60 bits per heavy atom. The van der Waals surface area contributed by atoms with Gasteiger partial charge in [0.25, 0.3) is 0 Å². The lowest BCUT2D eigenvalue weighted by atomic mass is 10.0. The summed E-state index contributed by atoms with van der Waals surface area (Å²) in [5, 5.41) is 3.72. The van der Waals surface area contributed by atoms with Crippen LogP contribution in [0.5, 0.6) is 0 Å². The van der Waals surface area contributed by atoms with Gasteiger partial charge in [0.15, 0.2) is 0 Å². The van der Waals surface area contributed by atoms with E-state index in [0.29, 0.717) is 6.04 Å². The second kappa shape index (κ2) is 9.78. The molecule has 0 bridgehead atoms. The number of rotatable bonds is 10. The smallest absolute Gasteiger partial charge is 0.0110 e. The zero-order valence-corrected chi connectivity index (χ0v) is 14.6.